The predicted molar refractivity (Wildman–Crippen MR) is 127 cm³/mol. The van der Waals surface area contributed by atoms with Crippen molar-refractivity contribution in [3.63, 3.8) is 0 Å². The van der Waals surface area contributed by atoms with Gasteiger partial charge in [-0.1, -0.05) is 11.3 Å². The fraction of sp³-hybridized carbons (Fsp3) is 0.348. The van der Waals surface area contributed by atoms with Crippen molar-refractivity contribution in [3.05, 3.63) is 57.6 Å². The van der Waals surface area contributed by atoms with Gasteiger partial charge in [0.15, 0.2) is 5.13 Å². The summed E-state index contributed by atoms with van der Waals surface area (Å²) in [5.74, 6) is -0.909. The van der Waals surface area contributed by atoms with Gasteiger partial charge < -0.3 is 9.64 Å². The van der Waals surface area contributed by atoms with Gasteiger partial charge in [0.2, 0.25) is 0 Å². The molecule has 10 heteroatoms. The number of anilines is 2. The Balaban J connectivity index is 1.54. The highest BCUT2D eigenvalue weighted by Gasteiger charge is 2.23. The molecule has 3 aromatic rings. The molecule has 0 unspecified atom stereocenters. The monoisotopic (exact) mass is 468 g/mol. The molecule has 1 saturated heterocycles. The maximum absolute atomic E-state index is 12.8. The molecule has 0 aliphatic carbocycles. The topological polar surface area (TPSA) is 115 Å². The quantitative estimate of drug-likeness (QED) is 0.307. The molecule has 2 heterocycles. The Morgan fingerprint density at radius 1 is 1.12 bits per heavy atom. The van der Waals surface area contributed by atoms with E-state index in [9.17, 15) is 19.7 Å². The van der Waals surface area contributed by atoms with Crippen LogP contribution < -0.4 is 10.2 Å². The normalized spacial score (nSPS) is 13.8. The first-order valence-corrected chi connectivity index (χ1v) is 11.6. The Hall–Kier alpha value is -3.53. The van der Waals surface area contributed by atoms with Gasteiger partial charge in [-0.15, -0.1) is 0 Å². The van der Waals surface area contributed by atoms with E-state index in [2.05, 4.69) is 10.3 Å². The van der Waals surface area contributed by atoms with E-state index in [-0.39, 0.29) is 17.4 Å². The van der Waals surface area contributed by atoms with Gasteiger partial charge in [0.05, 0.1) is 26.8 Å². The molecule has 0 spiro atoms. The second kappa shape index (κ2) is 9.53. The Kier molecular flexibility index (Phi) is 6.55. The summed E-state index contributed by atoms with van der Waals surface area (Å²) >= 11 is 1.21. The molecular formula is C23H24N4O5S. The molecule has 172 valence electrons. The largest absolute Gasteiger partial charge is 0.459 e. The zero-order chi connectivity index (χ0) is 23.5. The number of nitro groups is 1. The van der Waals surface area contributed by atoms with Crippen molar-refractivity contribution < 1.29 is 19.2 Å². The Bertz CT molecular complexity index is 1220. The summed E-state index contributed by atoms with van der Waals surface area (Å²) in [6, 6.07) is 9.54. The third-order valence-corrected chi connectivity index (χ3v) is 6.25. The first-order chi connectivity index (χ1) is 15.8. The molecule has 1 aliphatic heterocycles. The van der Waals surface area contributed by atoms with Crippen LogP contribution in [0.4, 0.5) is 16.5 Å². The van der Waals surface area contributed by atoms with Gasteiger partial charge in [0, 0.05) is 24.7 Å². The van der Waals surface area contributed by atoms with E-state index >= 15 is 0 Å². The minimum atomic E-state index is -0.484. The summed E-state index contributed by atoms with van der Waals surface area (Å²) in [5, 5.41) is 14.7. The molecule has 4 rings (SSSR count). The molecular weight excluding hydrogens is 444 g/mol. The van der Waals surface area contributed by atoms with Gasteiger partial charge in [0.25, 0.3) is 11.6 Å². The van der Waals surface area contributed by atoms with Crippen molar-refractivity contribution in [2.24, 2.45) is 0 Å². The number of fused-ring (bicyclic) bond motifs is 1. The standard InChI is InChI=1S/C23H24N4O5S/c1-14(2)32-22(29)16-6-8-17-20(13-16)33-23(24-17)25-21(28)15-7-9-18(19(12-15)27(30)31)26-10-4-3-5-11-26/h6-9,12-14H,3-5,10-11H2,1-2H3,(H,24,25,28). The van der Waals surface area contributed by atoms with Gasteiger partial charge in [-0.2, -0.15) is 0 Å². The van der Waals surface area contributed by atoms with E-state index < -0.39 is 16.8 Å². The maximum Gasteiger partial charge on any atom is 0.338 e. The van der Waals surface area contributed by atoms with Crippen LogP contribution in [0.1, 0.15) is 53.8 Å². The second-order valence-corrected chi connectivity index (χ2v) is 9.15. The van der Waals surface area contributed by atoms with Gasteiger partial charge in [-0.25, -0.2) is 9.78 Å². The molecule has 0 bridgehead atoms. The number of nitrogens with one attached hydrogen (secondary N) is 1. The van der Waals surface area contributed by atoms with Crippen molar-refractivity contribution in [3.8, 4) is 0 Å². The highest BCUT2D eigenvalue weighted by atomic mass is 32.1. The average Bonchev–Trinajstić information content (AvgIpc) is 3.20. The molecule has 1 N–H and O–H groups in total. The summed E-state index contributed by atoms with van der Waals surface area (Å²) in [6.07, 6.45) is 2.88. The number of esters is 1. The fourth-order valence-electron chi connectivity index (χ4n) is 3.77. The van der Waals surface area contributed by atoms with E-state index in [0.717, 1.165) is 37.1 Å². The molecule has 33 heavy (non-hydrogen) atoms. The van der Waals surface area contributed by atoms with E-state index in [1.807, 2.05) is 4.90 Å². The predicted octanol–water partition coefficient (Wildman–Crippen LogP) is 5.01. The SMILES string of the molecule is CC(C)OC(=O)c1ccc2nc(NC(=O)c3ccc(N4CCCCC4)c([N+](=O)[O-])c3)sc2c1. The number of benzene rings is 2. The number of piperidine rings is 1. The number of thiazole rings is 1. The number of nitrogens with zero attached hydrogens (tertiary/aromatic N) is 3. The highest BCUT2D eigenvalue weighted by Crippen LogP contribution is 2.32. The van der Waals surface area contributed by atoms with E-state index in [0.29, 0.717) is 21.9 Å². The number of amides is 1. The third-order valence-electron chi connectivity index (χ3n) is 5.32. The molecule has 0 saturated carbocycles. The lowest BCUT2D eigenvalue weighted by Gasteiger charge is -2.28. The zero-order valence-corrected chi connectivity index (χ0v) is 19.2. The second-order valence-electron chi connectivity index (χ2n) is 8.12. The molecule has 1 aliphatic rings. The molecule has 1 aromatic heterocycles. The number of ether oxygens (including phenoxy) is 1. The van der Waals surface area contributed by atoms with Crippen LogP contribution in [0.15, 0.2) is 36.4 Å². The number of hydrogen-bond donors (Lipinski definition) is 1. The number of rotatable bonds is 6. The van der Waals surface area contributed by atoms with Crippen LogP contribution in [-0.2, 0) is 4.74 Å². The lowest BCUT2D eigenvalue weighted by Crippen LogP contribution is -2.30. The first-order valence-electron chi connectivity index (χ1n) is 10.8. The fourth-order valence-corrected chi connectivity index (χ4v) is 4.67. The van der Waals surface area contributed by atoms with Crippen LogP contribution in [-0.4, -0.2) is 41.0 Å². The Morgan fingerprint density at radius 2 is 1.85 bits per heavy atom. The van der Waals surface area contributed by atoms with Crippen molar-refractivity contribution in [2.75, 3.05) is 23.3 Å². The summed E-state index contributed by atoms with van der Waals surface area (Å²) in [6.45, 7) is 5.09. The van der Waals surface area contributed by atoms with E-state index in [4.69, 9.17) is 4.74 Å². The lowest BCUT2D eigenvalue weighted by atomic mass is 10.1. The number of nitro benzene ring substituents is 1. The van der Waals surface area contributed by atoms with E-state index in [1.165, 1.54) is 17.4 Å². The average molecular weight is 469 g/mol. The van der Waals surface area contributed by atoms with Gasteiger partial charge in [-0.3, -0.25) is 20.2 Å². The van der Waals surface area contributed by atoms with Crippen LogP contribution in [0, 0.1) is 10.1 Å². The van der Waals surface area contributed by atoms with Crippen LogP contribution in [0.2, 0.25) is 0 Å². The highest BCUT2D eigenvalue weighted by molar-refractivity contribution is 7.22. The minimum absolute atomic E-state index is 0.0813. The van der Waals surface area contributed by atoms with Gasteiger partial charge in [0.1, 0.15) is 5.69 Å². The molecule has 0 atom stereocenters. The third kappa shape index (κ3) is 5.11. The van der Waals surface area contributed by atoms with Crippen molar-refractivity contribution >= 4 is 49.9 Å². The Labute approximate surface area is 194 Å². The zero-order valence-electron chi connectivity index (χ0n) is 18.4. The first kappa shape index (κ1) is 22.7. The Morgan fingerprint density at radius 3 is 2.55 bits per heavy atom. The maximum atomic E-state index is 12.8. The van der Waals surface area contributed by atoms with Gasteiger partial charge >= 0.3 is 5.97 Å². The number of hydrogen-bond acceptors (Lipinski definition) is 8. The molecule has 2 aromatic carbocycles. The summed E-state index contributed by atoms with van der Waals surface area (Å²) in [5.41, 5.74) is 1.67. The lowest BCUT2D eigenvalue weighted by molar-refractivity contribution is -0.384. The van der Waals surface area contributed by atoms with Crippen LogP contribution in [0.5, 0.6) is 0 Å². The summed E-state index contributed by atoms with van der Waals surface area (Å²) in [7, 11) is 0. The summed E-state index contributed by atoms with van der Waals surface area (Å²) in [4.78, 5) is 42.5. The minimum Gasteiger partial charge on any atom is -0.459 e. The molecule has 1 fully saturated rings. The molecule has 1 amide bonds. The van der Waals surface area contributed by atoms with E-state index in [1.54, 1.807) is 44.2 Å². The van der Waals surface area contributed by atoms with Crippen molar-refractivity contribution in [1.29, 1.82) is 0 Å². The van der Waals surface area contributed by atoms with Gasteiger partial charge in [-0.05, 0) is 63.4 Å². The van der Waals surface area contributed by atoms with Crippen LogP contribution in [0.25, 0.3) is 10.2 Å². The number of carbonyl (C=O) groups excluding carboxylic acids is 2. The number of aromatic nitrogens is 1. The summed E-state index contributed by atoms with van der Waals surface area (Å²) < 4.78 is 5.93. The van der Waals surface area contributed by atoms with Crippen LogP contribution >= 0.6 is 11.3 Å². The van der Waals surface area contributed by atoms with Crippen molar-refractivity contribution in [1.82, 2.24) is 4.98 Å². The van der Waals surface area contributed by atoms with Crippen molar-refractivity contribution in [2.45, 2.75) is 39.2 Å². The number of carbonyl (C=O) groups is 2. The smallest absolute Gasteiger partial charge is 0.338 e. The van der Waals surface area contributed by atoms with Crippen LogP contribution in [0.3, 0.4) is 0 Å². The molecule has 9 nitrogen and oxygen atoms in total. The molecule has 0 radical (unpaired) electrons.